The number of nitrogens with zero attached hydrogens (tertiary/aromatic N) is 2. The molecule has 1 unspecified atom stereocenters. The minimum Gasteiger partial charge on any atom is -0.357 e. The van der Waals surface area contributed by atoms with Crippen LogP contribution in [-0.4, -0.2) is 45.2 Å². The highest BCUT2D eigenvalue weighted by Gasteiger charge is 2.29. The van der Waals surface area contributed by atoms with Crippen molar-refractivity contribution in [2.24, 2.45) is 0 Å². The molecule has 1 atom stereocenters. The predicted octanol–water partition coefficient (Wildman–Crippen LogP) is 4.31. The number of thiocarbonyl (C=S) groups is 1. The van der Waals surface area contributed by atoms with Crippen molar-refractivity contribution in [3.8, 4) is 0 Å². The second-order valence-electron chi connectivity index (χ2n) is 6.33. The SMILES string of the molecule is CN(CN1CC(CSC(C)(C)C)SC1=S)c1ccccc1. The Balaban J connectivity index is 1.86. The van der Waals surface area contributed by atoms with E-state index in [1.54, 1.807) is 0 Å². The Hall–Kier alpha value is -0.390. The molecule has 0 bridgehead atoms. The first-order valence-corrected chi connectivity index (χ1v) is 9.48. The molecule has 2 rings (SSSR count). The third-order valence-electron chi connectivity index (χ3n) is 3.23. The smallest absolute Gasteiger partial charge is 0.138 e. The molecule has 0 radical (unpaired) electrons. The predicted molar refractivity (Wildman–Crippen MR) is 103 cm³/mol. The molecule has 0 N–H and O–H groups in total. The number of anilines is 1. The Morgan fingerprint density at radius 3 is 2.62 bits per heavy atom. The van der Waals surface area contributed by atoms with E-state index >= 15 is 0 Å². The summed E-state index contributed by atoms with van der Waals surface area (Å²) in [5, 5.41) is 0.617. The molecule has 0 saturated carbocycles. The average Bonchev–Trinajstić information content (AvgIpc) is 2.77. The van der Waals surface area contributed by atoms with E-state index in [2.05, 4.69) is 61.9 Å². The molecular weight excluding hydrogens is 316 g/mol. The second kappa shape index (κ2) is 7.25. The summed E-state index contributed by atoms with van der Waals surface area (Å²) in [6.07, 6.45) is 0. The largest absolute Gasteiger partial charge is 0.357 e. The molecule has 1 aromatic rings. The normalized spacial score (nSPS) is 19.1. The summed E-state index contributed by atoms with van der Waals surface area (Å²) in [7, 11) is 2.12. The molecule has 5 heteroatoms. The van der Waals surface area contributed by atoms with Gasteiger partial charge in [0, 0.05) is 35.0 Å². The van der Waals surface area contributed by atoms with Gasteiger partial charge in [-0.3, -0.25) is 0 Å². The van der Waals surface area contributed by atoms with Crippen molar-refractivity contribution in [2.75, 3.05) is 30.9 Å². The number of thioether (sulfide) groups is 2. The van der Waals surface area contributed by atoms with Gasteiger partial charge in [0.2, 0.25) is 0 Å². The van der Waals surface area contributed by atoms with Crippen molar-refractivity contribution in [2.45, 2.75) is 30.8 Å². The van der Waals surface area contributed by atoms with E-state index in [9.17, 15) is 0 Å². The zero-order chi connectivity index (χ0) is 15.5. The molecule has 0 aliphatic carbocycles. The van der Waals surface area contributed by atoms with Gasteiger partial charge in [-0.05, 0) is 12.1 Å². The van der Waals surface area contributed by atoms with E-state index in [4.69, 9.17) is 12.2 Å². The molecule has 1 saturated heterocycles. The van der Waals surface area contributed by atoms with Crippen molar-refractivity contribution in [1.82, 2.24) is 4.90 Å². The van der Waals surface area contributed by atoms with Gasteiger partial charge < -0.3 is 9.80 Å². The molecule has 1 heterocycles. The lowest BCUT2D eigenvalue weighted by molar-refractivity contribution is 0.451. The average molecular weight is 341 g/mol. The fraction of sp³-hybridized carbons (Fsp3) is 0.562. The summed E-state index contributed by atoms with van der Waals surface area (Å²) in [4.78, 5) is 4.58. The van der Waals surface area contributed by atoms with E-state index in [0.29, 0.717) is 10.00 Å². The maximum atomic E-state index is 5.55. The van der Waals surface area contributed by atoms with Gasteiger partial charge in [-0.25, -0.2) is 0 Å². The lowest BCUT2D eigenvalue weighted by Gasteiger charge is -2.27. The maximum Gasteiger partial charge on any atom is 0.138 e. The number of hydrogen-bond donors (Lipinski definition) is 0. The highest BCUT2D eigenvalue weighted by Crippen LogP contribution is 2.33. The Morgan fingerprint density at radius 1 is 1.33 bits per heavy atom. The van der Waals surface area contributed by atoms with Crippen molar-refractivity contribution < 1.29 is 0 Å². The van der Waals surface area contributed by atoms with Gasteiger partial charge in [0.15, 0.2) is 0 Å². The monoisotopic (exact) mass is 340 g/mol. The van der Waals surface area contributed by atoms with Gasteiger partial charge in [-0.2, -0.15) is 11.8 Å². The summed E-state index contributed by atoms with van der Waals surface area (Å²) in [5.41, 5.74) is 1.23. The van der Waals surface area contributed by atoms with Crippen LogP contribution < -0.4 is 4.90 Å². The Bertz CT molecular complexity index is 470. The van der Waals surface area contributed by atoms with E-state index < -0.39 is 0 Å². The van der Waals surface area contributed by atoms with Crippen LogP contribution in [0.1, 0.15) is 20.8 Å². The molecule has 116 valence electrons. The van der Waals surface area contributed by atoms with Crippen molar-refractivity contribution in [3.05, 3.63) is 30.3 Å². The Labute approximate surface area is 142 Å². The Morgan fingerprint density at radius 2 is 2.00 bits per heavy atom. The first-order chi connectivity index (χ1) is 9.85. The van der Waals surface area contributed by atoms with Crippen LogP contribution in [0.4, 0.5) is 5.69 Å². The van der Waals surface area contributed by atoms with Crippen molar-refractivity contribution >= 4 is 45.7 Å². The quantitative estimate of drug-likeness (QED) is 0.735. The molecule has 0 aromatic heterocycles. The zero-order valence-electron chi connectivity index (χ0n) is 13.2. The maximum absolute atomic E-state index is 5.55. The molecule has 1 fully saturated rings. The molecule has 2 nitrogen and oxygen atoms in total. The number of rotatable bonds is 5. The van der Waals surface area contributed by atoms with E-state index in [0.717, 1.165) is 17.5 Å². The van der Waals surface area contributed by atoms with Crippen LogP contribution in [0.5, 0.6) is 0 Å². The van der Waals surface area contributed by atoms with Crippen LogP contribution in [-0.2, 0) is 0 Å². The van der Waals surface area contributed by atoms with Crippen LogP contribution in [0, 0.1) is 0 Å². The first kappa shape index (κ1) is 17.0. The van der Waals surface area contributed by atoms with Gasteiger partial charge in [0.1, 0.15) is 4.32 Å². The summed E-state index contributed by atoms with van der Waals surface area (Å²) in [6.45, 7) is 8.75. The van der Waals surface area contributed by atoms with Crippen LogP contribution in [0.25, 0.3) is 0 Å². The zero-order valence-corrected chi connectivity index (χ0v) is 15.7. The second-order valence-corrected chi connectivity index (χ2v) is 10.1. The molecule has 21 heavy (non-hydrogen) atoms. The lowest BCUT2D eigenvalue weighted by atomic mass is 10.3. The fourth-order valence-electron chi connectivity index (χ4n) is 2.14. The summed E-state index contributed by atoms with van der Waals surface area (Å²) in [5.74, 6) is 1.17. The third kappa shape index (κ3) is 5.38. The van der Waals surface area contributed by atoms with Crippen LogP contribution in [0.15, 0.2) is 30.3 Å². The molecule has 1 aromatic carbocycles. The van der Waals surface area contributed by atoms with Gasteiger partial charge in [-0.1, -0.05) is 63.0 Å². The van der Waals surface area contributed by atoms with Gasteiger partial charge in [0.05, 0.1) is 6.67 Å². The van der Waals surface area contributed by atoms with Crippen molar-refractivity contribution in [1.29, 1.82) is 0 Å². The molecule has 0 amide bonds. The molecule has 1 aliphatic heterocycles. The number of hydrogen-bond acceptors (Lipinski definition) is 4. The highest BCUT2D eigenvalue weighted by atomic mass is 32.2. The lowest BCUT2D eigenvalue weighted by Crippen LogP contribution is -2.36. The molecule has 1 aliphatic rings. The molecular formula is C16H24N2S3. The van der Waals surface area contributed by atoms with Gasteiger partial charge >= 0.3 is 0 Å². The summed E-state index contributed by atoms with van der Waals surface area (Å²) < 4.78 is 1.37. The van der Waals surface area contributed by atoms with E-state index in [1.807, 2.05) is 29.6 Å². The van der Waals surface area contributed by atoms with Gasteiger partial charge in [-0.15, -0.1) is 0 Å². The summed E-state index contributed by atoms with van der Waals surface area (Å²) >= 11 is 9.44. The van der Waals surface area contributed by atoms with Crippen molar-refractivity contribution in [3.63, 3.8) is 0 Å². The first-order valence-electron chi connectivity index (χ1n) is 7.21. The number of para-hydroxylation sites is 1. The van der Waals surface area contributed by atoms with Gasteiger partial charge in [0.25, 0.3) is 0 Å². The third-order valence-corrected chi connectivity index (χ3v) is 6.53. The minimum atomic E-state index is 0.330. The van der Waals surface area contributed by atoms with E-state index in [-0.39, 0.29) is 0 Å². The summed E-state index contributed by atoms with van der Waals surface area (Å²) in [6, 6.07) is 10.5. The topological polar surface area (TPSA) is 6.48 Å². The minimum absolute atomic E-state index is 0.330. The van der Waals surface area contributed by atoms with Crippen LogP contribution in [0.3, 0.4) is 0 Å². The van der Waals surface area contributed by atoms with Crippen LogP contribution in [0.2, 0.25) is 0 Å². The highest BCUT2D eigenvalue weighted by molar-refractivity contribution is 8.24. The standard InChI is InChI=1S/C16H24N2S3/c1-16(2,3)20-11-14-10-18(15(19)21-14)12-17(4)13-8-6-5-7-9-13/h5-9,14H,10-12H2,1-4H3. The fourth-order valence-corrected chi connectivity index (χ4v) is 4.77. The number of benzene rings is 1. The van der Waals surface area contributed by atoms with Crippen LogP contribution >= 0.6 is 35.7 Å². The molecule has 0 spiro atoms. The Kier molecular flexibility index (Phi) is 5.86. The van der Waals surface area contributed by atoms with E-state index in [1.165, 1.54) is 11.4 Å².